The van der Waals surface area contributed by atoms with Crippen LogP contribution in [0.2, 0.25) is 0 Å². The van der Waals surface area contributed by atoms with Crippen molar-refractivity contribution in [1.29, 1.82) is 0 Å². The van der Waals surface area contributed by atoms with Gasteiger partial charge in [-0.1, -0.05) is 6.92 Å². The number of rotatable bonds is 5. The van der Waals surface area contributed by atoms with Crippen molar-refractivity contribution in [3.05, 3.63) is 18.5 Å². The van der Waals surface area contributed by atoms with E-state index in [1.807, 2.05) is 23.1 Å². The summed E-state index contributed by atoms with van der Waals surface area (Å²) in [6, 6.07) is 2.46. The number of aliphatic hydroxyl groups excluding tert-OH is 1. The van der Waals surface area contributed by atoms with E-state index in [1.165, 1.54) is 12.8 Å². The largest absolute Gasteiger partial charge is 0.390 e. The van der Waals surface area contributed by atoms with Crippen LogP contribution in [0.25, 0.3) is 0 Å². The highest BCUT2D eigenvalue weighted by Gasteiger charge is 2.30. The lowest BCUT2D eigenvalue weighted by Gasteiger charge is -2.41. The number of piperidine rings is 1. The Hall–Kier alpha value is -0.910. The molecule has 0 bridgehead atoms. The monoisotopic (exact) mass is 278 g/mol. The third-order valence-corrected chi connectivity index (χ3v) is 4.65. The van der Waals surface area contributed by atoms with Crippen LogP contribution in [0.3, 0.4) is 0 Å². The maximum Gasteiger partial charge on any atom is 0.0793 e. The first-order valence-electron chi connectivity index (χ1n) is 7.82. The quantitative estimate of drug-likeness (QED) is 0.866. The van der Waals surface area contributed by atoms with Crippen LogP contribution in [0.4, 0.5) is 0 Å². The number of nitrogens with zero attached hydrogens (tertiary/aromatic N) is 4. The van der Waals surface area contributed by atoms with E-state index in [0.717, 1.165) is 45.2 Å². The van der Waals surface area contributed by atoms with Crippen molar-refractivity contribution in [2.24, 2.45) is 5.92 Å². The van der Waals surface area contributed by atoms with Gasteiger partial charge in [-0.15, -0.1) is 0 Å². The van der Waals surface area contributed by atoms with Gasteiger partial charge in [-0.25, -0.2) is 0 Å². The first-order valence-corrected chi connectivity index (χ1v) is 7.82. The van der Waals surface area contributed by atoms with E-state index >= 15 is 0 Å². The lowest BCUT2D eigenvalue weighted by atomic mass is 9.99. The van der Waals surface area contributed by atoms with Crippen molar-refractivity contribution in [3.8, 4) is 0 Å². The van der Waals surface area contributed by atoms with Crippen LogP contribution in [0, 0.1) is 5.92 Å². The zero-order valence-corrected chi connectivity index (χ0v) is 12.4. The highest BCUT2D eigenvalue weighted by molar-refractivity contribution is 4.90. The molecule has 0 spiro atoms. The van der Waals surface area contributed by atoms with Gasteiger partial charge in [0.25, 0.3) is 0 Å². The van der Waals surface area contributed by atoms with Crippen molar-refractivity contribution in [3.63, 3.8) is 0 Å². The second kappa shape index (κ2) is 6.24. The summed E-state index contributed by atoms with van der Waals surface area (Å²) >= 11 is 0. The molecule has 1 aromatic rings. The first-order chi connectivity index (χ1) is 9.70. The molecule has 1 aromatic heterocycles. The summed E-state index contributed by atoms with van der Waals surface area (Å²) in [5, 5.41) is 14.5. The van der Waals surface area contributed by atoms with Crippen molar-refractivity contribution in [2.75, 3.05) is 39.3 Å². The average molecular weight is 278 g/mol. The Morgan fingerprint density at radius 3 is 2.55 bits per heavy atom. The molecule has 0 saturated carbocycles. The number of aliphatic hydroxyl groups is 1. The number of likely N-dealkylation sites (tertiary alicyclic amines) is 2. The topological polar surface area (TPSA) is 44.5 Å². The molecule has 112 valence electrons. The van der Waals surface area contributed by atoms with E-state index in [2.05, 4.69) is 21.8 Å². The van der Waals surface area contributed by atoms with Gasteiger partial charge in [-0.3, -0.25) is 9.58 Å². The smallest absolute Gasteiger partial charge is 0.0793 e. The van der Waals surface area contributed by atoms with Gasteiger partial charge in [0.1, 0.15) is 0 Å². The normalized spacial score (nSPS) is 24.7. The van der Waals surface area contributed by atoms with Crippen LogP contribution < -0.4 is 0 Å². The third-order valence-electron chi connectivity index (χ3n) is 4.65. The predicted octanol–water partition coefficient (Wildman–Crippen LogP) is 0.833. The minimum atomic E-state index is -0.220. The van der Waals surface area contributed by atoms with Gasteiger partial charge >= 0.3 is 0 Å². The molecule has 1 atom stereocenters. The van der Waals surface area contributed by atoms with Crippen molar-refractivity contribution >= 4 is 0 Å². The minimum Gasteiger partial charge on any atom is -0.390 e. The Morgan fingerprint density at radius 2 is 1.90 bits per heavy atom. The molecule has 2 aliphatic rings. The molecule has 1 N–H and O–H groups in total. The molecular formula is C15H26N4O. The second-order valence-corrected chi connectivity index (χ2v) is 6.50. The van der Waals surface area contributed by atoms with Gasteiger partial charge in [0.15, 0.2) is 0 Å². The van der Waals surface area contributed by atoms with E-state index in [-0.39, 0.29) is 6.10 Å². The van der Waals surface area contributed by atoms with Crippen LogP contribution in [-0.2, 0) is 0 Å². The highest BCUT2D eigenvalue weighted by atomic mass is 16.3. The fourth-order valence-electron chi connectivity index (χ4n) is 3.25. The molecule has 2 aliphatic heterocycles. The molecule has 0 radical (unpaired) electrons. The summed E-state index contributed by atoms with van der Waals surface area (Å²) in [4.78, 5) is 4.74. The molecule has 3 heterocycles. The molecule has 0 aromatic carbocycles. The van der Waals surface area contributed by atoms with Crippen LogP contribution in [-0.4, -0.2) is 70.1 Å². The Balaban J connectivity index is 1.35. The molecule has 2 saturated heterocycles. The van der Waals surface area contributed by atoms with Crippen LogP contribution in [0.1, 0.15) is 25.8 Å². The van der Waals surface area contributed by atoms with Gasteiger partial charge in [-0.05, 0) is 37.9 Å². The molecule has 5 heteroatoms. The van der Waals surface area contributed by atoms with Gasteiger partial charge in [0, 0.05) is 38.6 Å². The molecule has 3 rings (SSSR count). The van der Waals surface area contributed by atoms with Crippen molar-refractivity contribution < 1.29 is 5.11 Å². The van der Waals surface area contributed by atoms with E-state index in [4.69, 9.17) is 0 Å². The number of aromatic nitrogens is 2. The van der Waals surface area contributed by atoms with Crippen molar-refractivity contribution in [1.82, 2.24) is 19.6 Å². The Labute approximate surface area is 121 Å². The maximum absolute atomic E-state index is 10.2. The molecule has 0 amide bonds. The van der Waals surface area contributed by atoms with Gasteiger partial charge in [0.05, 0.1) is 12.1 Å². The number of hydrogen-bond acceptors (Lipinski definition) is 4. The average Bonchev–Trinajstić information content (AvgIpc) is 2.89. The molecule has 20 heavy (non-hydrogen) atoms. The summed E-state index contributed by atoms with van der Waals surface area (Å²) in [6.45, 7) is 8.26. The zero-order valence-electron chi connectivity index (χ0n) is 12.4. The zero-order chi connectivity index (χ0) is 13.9. The molecule has 0 aliphatic carbocycles. The van der Waals surface area contributed by atoms with Crippen LogP contribution in [0.15, 0.2) is 18.5 Å². The fraction of sp³-hybridized carbons (Fsp3) is 0.800. The maximum atomic E-state index is 10.2. The third kappa shape index (κ3) is 3.40. The summed E-state index contributed by atoms with van der Waals surface area (Å²) in [5.41, 5.74) is 0. The van der Waals surface area contributed by atoms with Crippen LogP contribution >= 0.6 is 0 Å². The minimum absolute atomic E-state index is 0.220. The van der Waals surface area contributed by atoms with Gasteiger partial charge in [0.2, 0.25) is 0 Å². The van der Waals surface area contributed by atoms with Gasteiger partial charge < -0.3 is 10.0 Å². The van der Waals surface area contributed by atoms with E-state index in [0.29, 0.717) is 6.04 Å². The van der Waals surface area contributed by atoms with E-state index < -0.39 is 0 Å². The molecule has 5 nitrogen and oxygen atoms in total. The molecule has 2 fully saturated rings. The van der Waals surface area contributed by atoms with Gasteiger partial charge in [-0.2, -0.15) is 5.10 Å². The molecule has 0 unspecified atom stereocenters. The second-order valence-electron chi connectivity index (χ2n) is 6.50. The van der Waals surface area contributed by atoms with E-state index in [9.17, 15) is 5.11 Å². The number of β-amino-alcohol motifs (C(OH)–C–C–N with tert-alkyl or cyclic N) is 1. The summed E-state index contributed by atoms with van der Waals surface area (Å²) in [7, 11) is 0. The summed E-state index contributed by atoms with van der Waals surface area (Å²) < 4.78 is 2.02. The SMILES string of the molecule is CC1CCN(C[C@H](O)CN2CC(n3cccn3)C2)CC1. The van der Waals surface area contributed by atoms with Crippen molar-refractivity contribution in [2.45, 2.75) is 31.9 Å². The standard InChI is InChI=1S/C15H26N4O/c1-13-3-7-17(8-4-13)11-15(20)12-18-9-14(10-18)19-6-2-5-16-19/h2,5-6,13-15,20H,3-4,7-12H2,1H3/t15-/m0/s1. The van der Waals surface area contributed by atoms with E-state index in [1.54, 1.807) is 0 Å². The lowest BCUT2D eigenvalue weighted by Crippen LogP contribution is -2.52. The first kappa shape index (κ1) is 14.0. The van der Waals surface area contributed by atoms with Crippen LogP contribution in [0.5, 0.6) is 0 Å². The Kier molecular flexibility index (Phi) is 4.38. The Bertz CT molecular complexity index is 394. The Morgan fingerprint density at radius 1 is 1.20 bits per heavy atom. The number of hydrogen-bond donors (Lipinski definition) is 1. The highest BCUT2D eigenvalue weighted by Crippen LogP contribution is 2.21. The molecular weight excluding hydrogens is 252 g/mol. The fourth-order valence-corrected chi connectivity index (χ4v) is 3.25. The summed E-state index contributed by atoms with van der Waals surface area (Å²) in [5.74, 6) is 0.855. The lowest BCUT2D eigenvalue weighted by molar-refractivity contribution is 0.0193. The predicted molar refractivity (Wildman–Crippen MR) is 78.5 cm³/mol. The summed E-state index contributed by atoms with van der Waals surface area (Å²) in [6.07, 6.45) is 6.18.